The highest BCUT2D eigenvalue weighted by molar-refractivity contribution is 5.77. The first kappa shape index (κ1) is 12.0. The topological polar surface area (TPSA) is 29.5 Å². The molecular formula is C14H19NO2. The maximum atomic E-state index is 11.4. The van der Waals surface area contributed by atoms with Crippen molar-refractivity contribution in [2.24, 2.45) is 0 Å². The van der Waals surface area contributed by atoms with Gasteiger partial charge in [0, 0.05) is 14.1 Å². The summed E-state index contributed by atoms with van der Waals surface area (Å²) in [5.74, 6) is 0.795. The van der Waals surface area contributed by atoms with Crippen LogP contribution in [0.3, 0.4) is 0 Å². The lowest BCUT2D eigenvalue weighted by atomic mass is 9.92. The van der Waals surface area contributed by atoms with Gasteiger partial charge in [-0.1, -0.05) is 6.07 Å². The Morgan fingerprint density at radius 1 is 1.24 bits per heavy atom. The summed E-state index contributed by atoms with van der Waals surface area (Å²) in [4.78, 5) is 12.9. The molecule has 1 amide bonds. The highest BCUT2D eigenvalue weighted by atomic mass is 16.5. The maximum Gasteiger partial charge on any atom is 0.259 e. The van der Waals surface area contributed by atoms with Gasteiger partial charge < -0.3 is 9.64 Å². The molecule has 1 aromatic carbocycles. The molecule has 0 bridgehead atoms. The van der Waals surface area contributed by atoms with Crippen molar-refractivity contribution in [3.05, 3.63) is 29.3 Å². The van der Waals surface area contributed by atoms with Gasteiger partial charge >= 0.3 is 0 Å². The monoisotopic (exact) mass is 233 g/mol. The molecule has 0 saturated carbocycles. The van der Waals surface area contributed by atoms with Crippen LogP contribution in [0.5, 0.6) is 5.75 Å². The Balaban J connectivity index is 2.00. The average molecular weight is 233 g/mol. The van der Waals surface area contributed by atoms with Crippen molar-refractivity contribution in [1.29, 1.82) is 0 Å². The second-order valence-corrected chi connectivity index (χ2v) is 4.71. The molecule has 0 spiro atoms. The van der Waals surface area contributed by atoms with Crippen LogP contribution in [0, 0.1) is 0 Å². The van der Waals surface area contributed by atoms with Gasteiger partial charge in [-0.15, -0.1) is 0 Å². The van der Waals surface area contributed by atoms with E-state index in [2.05, 4.69) is 12.1 Å². The summed E-state index contributed by atoms with van der Waals surface area (Å²) < 4.78 is 5.50. The van der Waals surface area contributed by atoms with E-state index < -0.39 is 0 Å². The van der Waals surface area contributed by atoms with Crippen LogP contribution in [0.4, 0.5) is 0 Å². The van der Waals surface area contributed by atoms with Crippen LogP contribution in [-0.2, 0) is 17.6 Å². The number of aryl methyl sites for hydroxylation is 2. The van der Waals surface area contributed by atoms with Crippen molar-refractivity contribution in [2.45, 2.75) is 25.7 Å². The molecule has 0 fully saturated rings. The van der Waals surface area contributed by atoms with Gasteiger partial charge in [-0.2, -0.15) is 0 Å². The number of benzene rings is 1. The summed E-state index contributed by atoms with van der Waals surface area (Å²) in [7, 11) is 3.47. The van der Waals surface area contributed by atoms with E-state index in [1.165, 1.54) is 30.4 Å². The number of hydrogen-bond donors (Lipinski definition) is 0. The Kier molecular flexibility index (Phi) is 3.67. The Morgan fingerprint density at radius 2 is 1.94 bits per heavy atom. The fourth-order valence-corrected chi connectivity index (χ4v) is 2.07. The van der Waals surface area contributed by atoms with Crippen molar-refractivity contribution in [3.8, 4) is 5.75 Å². The van der Waals surface area contributed by atoms with E-state index in [4.69, 9.17) is 4.74 Å². The number of rotatable bonds is 3. The minimum absolute atomic E-state index is 0.0114. The molecule has 0 heterocycles. The Bertz CT molecular complexity index is 413. The van der Waals surface area contributed by atoms with Crippen LogP contribution in [0.15, 0.2) is 18.2 Å². The summed E-state index contributed by atoms with van der Waals surface area (Å²) in [5, 5.41) is 0. The summed E-state index contributed by atoms with van der Waals surface area (Å²) in [6.45, 7) is 0.117. The van der Waals surface area contributed by atoms with Crippen LogP contribution < -0.4 is 4.74 Å². The highest BCUT2D eigenvalue weighted by Crippen LogP contribution is 2.25. The molecule has 2 rings (SSSR count). The zero-order valence-corrected chi connectivity index (χ0v) is 10.5. The third-order valence-electron chi connectivity index (χ3n) is 3.18. The third kappa shape index (κ3) is 2.99. The minimum Gasteiger partial charge on any atom is -0.484 e. The van der Waals surface area contributed by atoms with Crippen LogP contribution in [-0.4, -0.2) is 31.5 Å². The number of carbonyl (C=O) groups excluding carboxylic acids is 1. The number of carbonyl (C=O) groups is 1. The lowest BCUT2D eigenvalue weighted by Gasteiger charge is -2.17. The van der Waals surface area contributed by atoms with E-state index in [1.807, 2.05) is 6.07 Å². The number of nitrogens with zero attached hydrogens (tertiary/aromatic N) is 1. The standard InChI is InChI=1S/C14H19NO2/c1-15(2)14(16)10-17-13-8-7-11-5-3-4-6-12(11)9-13/h7-9H,3-6,10H2,1-2H3. The van der Waals surface area contributed by atoms with Crippen molar-refractivity contribution in [1.82, 2.24) is 4.90 Å². The Labute approximate surface area is 102 Å². The van der Waals surface area contributed by atoms with Gasteiger partial charge in [0.15, 0.2) is 6.61 Å². The largest absolute Gasteiger partial charge is 0.484 e. The van der Waals surface area contributed by atoms with Crippen molar-refractivity contribution >= 4 is 5.91 Å². The van der Waals surface area contributed by atoms with Gasteiger partial charge in [0.05, 0.1) is 0 Å². The SMILES string of the molecule is CN(C)C(=O)COc1ccc2c(c1)CCCC2. The fourth-order valence-electron chi connectivity index (χ4n) is 2.07. The first-order valence-electron chi connectivity index (χ1n) is 6.11. The molecule has 0 unspecified atom stereocenters. The predicted octanol–water partition coefficient (Wildman–Crippen LogP) is 2.03. The number of amides is 1. The van der Waals surface area contributed by atoms with Crippen molar-refractivity contribution < 1.29 is 9.53 Å². The zero-order chi connectivity index (χ0) is 12.3. The second-order valence-electron chi connectivity index (χ2n) is 4.71. The average Bonchev–Trinajstić information content (AvgIpc) is 2.35. The zero-order valence-electron chi connectivity index (χ0n) is 10.5. The van der Waals surface area contributed by atoms with E-state index in [9.17, 15) is 4.79 Å². The van der Waals surface area contributed by atoms with Crippen LogP contribution in [0.1, 0.15) is 24.0 Å². The maximum absolute atomic E-state index is 11.4. The molecule has 0 radical (unpaired) electrons. The first-order chi connectivity index (χ1) is 8.16. The van der Waals surface area contributed by atoms with E-state index in [0.29, 0.717) is 0 Å². The predicted molar refractivity (Wildman–Crippen MR) is 67.3 cm³/mol. The number of fused-ring (bicyclic) bond motifs is 1. The molecule has 1 aliphatic carbocycles. The minimum atomic E-state index is -0.0114. The van der Waals surface area contributed by atoms with Crippen LogP contribution in [0.2, 0.25) is 0 Å². The fraction of sp³-hybridized carbons (Fsp3) is 0.500. The molecule has 3 heteroatoms. The lowest BCUT2D eigenvalue weighted by Crippen LogP contribution is -2.27. The number of hydrogen-bond acceptors (Lipinski definition) is 2. The number of likely N-dealkylation sites (N-methyl/N-ethyl adjacent to an activating group) is 1. The summed E-state index contributed by atoms with van der Waals surface area (Å²) >= 11 is 0. The highest BCUT2D eigenvalue weighted by Gasteiger charge is 2.11. The van der Waals surface area contributed by atoms with Gasteiger partial charge in [-0.25, -0.2) is 0 Å². The van der Waals surface area contributed by atoms with Crippen molar-refractivity contribution in [2.75, 3.05) is 20.7 Å². The molecule has 0 atom stereocenters. The van der Waals surface area contributed by atoms with Crippen LogP contribution >= 0.6 is 0 Å². The molecule has 0 N–H and O–H groups in total. The molecule has 92 valence electrons. The quantitative estimate of drug-likeness (QED) is 0.799. The third-order valence-corrected chi connectivity index (χ3v) is 3.18. The Hall–Kier alpha value is -1.51. The van der Waals surface area contributed by atoms with Crippen molar-refractivity contribution in [3.63, 3.8) is 0 Å². The van der Waals surface area contributed by atoms with E-state index >= 15 is 0 Å². The van der Waals surface area contributed by atoms with Gasteiger partial charge in [-0.3, -0.25) is 4.79 Å². The van der Waals surface area contributed by atoms with E-state index in [1.54, 1.807) is 19.0 Å². The van der Waals surface area contributed by atoms with Crippen LogP contribution in [0.25, 0.3) is 0 Å². The molecule has 17 heavy (non-hydrogen) atoms. The summed E-state index contributed by atoms with van der Waals surface area (Å²) in [6.07, 6.45) is 4.85. The lowest BCUT2D eigenvalue weighted by molar-refractivity contribution is -0.130. The molecule has 1 aliphatic rings. The second kappa shape index (κ2) is 5.21. The molecular weight excluding hydrogens is 214 g/mol. The van der Waals surface area contributed by atoms with Gasteiger partial charge in [0.1, 0.15) is 5.75 Å². The molecule has 3 nitrogen and oxygen atoms in total. The smallest absolute Gasteiger partial charge is 0.259 e. The van der Waals surface area contributed by atoms with E-state index in [0.717, 1.165) is 12.2 Å². The van der Waals surface area contributed by atoms with Gasteiger partial charge in [0.2, 0.25) is 0 Å². The summed E-state index contributed by atoms with van der Waals surface area (Å²) in [6, 6.07) is 6.18. The Morgan fingerprint density at radius 3 is 2.65 bits per heavy atom. The van der Waals surface area contributed by atoms with Gasteiger partial charge in [0.25, 0.3) is 5.91 Å². The normalized spacial score (nSPS) is 14.0. The first-order valence-corrected chi connectivity index (χ1v) is 6.11. The molecule has 0 saturated heterocycles. The summed E-state index contributed by atoms with van der Waals surface area (Å²) in [5.41, 5.74) is 2.81. The molecule has 0 aromatic heterocycles. The number of ether oxygens (including phenoxy) is 1. The van der Waals surface area contributed by atoms with Gasteiger partial charge in [-0.05, 0) is 48.9 Å². The molecule has 1 aromatic rings. The van der Waals surface area contributed by atoms with E-state index in [-0.39, 0.29) is 12.5 Å². The molecule has 0 aliphatic heterocycles.